The molecule has 0 radical (unpaired) electrons. The molecule has 2 rings (SSSR count). The van der Waals surface area contributed by atoms with Crippen molar-refractivity contribution in [2.75, 3.05) is 6.54 Å². The van der Waals surface area contributed by atoms with Crippen LogP contribution >= 0.6 is 0 Å². The molecule has 1 saturated carbocycles. The van der Waals surface area contributed by atoms with Gasteiger partial charge < -0.3 is 10.4 Å². The van der Waals surface area contributed by atoms with Crippen LogP contribution in [0.3, 0.4) is 0 Å². The van der Waals surface area contributed by atoms with E-state index < -0.39 is 11.5 Å². The Morgan fingerprint density at radius 1 is 1.68 bits per heavy atom. The van der Waals surface area contributed by atoms with E-state index in [-0.39, 0.29) is 18.0 Å². The molecule has 0 aliphatic heterocycles. The molecule has 2 N–H and O–H groups in total. The number of pyridine rings is 1. The van der Waals surface area contributed by atoms with Gasteiger partial charge in [-0.3, -0.25) is 4.79 Å². The molecule has 5 heteroatoms. The first-order valence-corrected chi connectivity index (χ1v) is 6.61. The second-order valence-electron chi connectivity index (χ2n) is 5.48. The summed E-state index contributed by atoms with van der Waals surface area (Å²) in [6, 6.07) is 2.54. The normalized spacial score (nSPS) is 27.0. The van der Waals surface area contributed by atoms with Crippen molar-refractivity contribution in [3.8, 4) is 0 Å². The first-order chi connectivity index (χ1) is 8.98. The monoisotopic (exact) mass is 266 g/mol. The SMILES string of the molecule is CC1CCCC(O)(CNC(=O)c2ccnc(F)c2)C1. The Labute approximate surface area is 112 Å². The summed E-state index contributed by atoms with van der Waals surface area (Å²) in [5, 5.41) is 13.1. The molecule has 4 nitrogen and oxygen atoms in total. The molecular weight excluding hydrogens is 247 g/mol. The van der Waals surface area contributed by atoms with Crippen LogP contribution < -0.4 is 5.32 Å². The smallest absolute Gasteiger partial charge is 0.251 e. The minimum atomic E-state index is -0.834. The Morgan fingerprint density at radius 2 is 2.47 bits per heavy atom. The molecule has 1 fully saturated rings. The lowest BCUT2D eigenvalue weighted by molar-refractivity contribution is -0.0109. The minimum Gasteiger partial charge on any atom is -0.388 e. The van der Waals surface area contributed by atoms with Gasteiger partial charge in [0.2, 0.25) is 5.95 Å². The van der Waals surface area contributed by atoms with E-state index in [2.05, 4.69) is 17.2 Å². The average Bonchev–Trinajstić information content (AvgIpc) is 2.36. The maximum absolute atomic E-state index is 12.9. The van der Waals surface area contributed by atoms with Gasteiger partial charge in [0.1, 0.15) is 0 Å². The van der Waals surface area contributed by atoms with Crippen molar-refractivity contribution in [1.82, 2.24) is 10.3 Å². The standard InChI is InChI=1S/C14H19FN2O2/c1-10-3-2-5-14(19,8-10)9-17-13(18)11-4-6-16-12(15)7-11/h4,6-7,10,19H,2-3,5,8-9H2,1H3,(H,17,18). The van der Waals surface area contributed by atoms with Crippen LogP contribution in [-0.4, -0.2) is 28.1 Å². The summed E-state index contributed by atoms with van der Waals surface area (Å²) in [6.45, 7) is 2.31. The van der Waals surface area contributed by atoms with Crippen molar-refractivity contribution in [3.63, 3.8) is 0 Å². The fraction of sp³-hybridized carbons (Fsp3) is 0.571. The fourth-order valence-corrected chi connectivity index (χ4v) is 2.68. The van der Waals surface area contributed by atoms with Crippen molar-refractivity contribution < 1.29 is 14.3 Å². The predicted octanol–water partition coefficient (Wildman–Crippen LogP) is 1.89. The lowest BCUT2D eigenvalue weighted by Crippen LogP contribution is -2.45. The number of carbonyl (C=O) groups excluding carboxylic acids is 1. The van der Waals surface area contributed by atoms with Crippen LogP contribution in [-0.2, 0) is 0 Å². The zero-order chi connectivity index (χ0) is 13.9. The third kappa shape index (κ3) is 3.73. The zero-order valence-electron chi connectivity index (χ0n) is 11.0. The Morgan fingerprint density at radius 3 is 3.16 bits per heavy atom. The molecule has 1 heterocycles. The highest BCUT2D eigenvalue weighted by Gasteiger charge is 2.32. The lowest BCUT2D eigenvalue weighted by atomic mass is 9.79. The van der Waals surface area contributed by atoms with Crippen LogP contribution in [0.5, 0.6) is 0 Å². The summed E-state index contributed by atoms with van der Waals surface area (Å²) in [5.41, 5.74) is -0.612. The molecule has 0 saturated heterocycles. The molecule has 1 amide bonds. The second-order valence-corrected chi connectivity index (χ2v) is 5.48. The topological polar surface area (TPSA) is 62.2 Å². The molecule has 1 aromatic heterocycles. The van der Waals surface area contributed by atoms with Crippen molar-refractivity contribution >= 4 is 5.91 Å². The molecule has 104 valence electrons. The fourth-order valence-electron chi connectivity index (χ4n) is 2.68. The van der Waals surface area contributed by atoms with Gasteiger partial charge in [-0.1, -0.05) is 19.8 Å². The number of aromatic nitrogens is 1. The van der Waals surface area contributed by atoms with E-state index in [1.165, 1.54) is 12.3 Å². The number of carbonyl (C=O) groups is 1. The highest BCUT2D eigenvalue weighted by atomic mass is 19.1. The number of hydrogen-bond donors (Lipinski definition) is 2. The van der Waals surface area contributed by atoms with Gasteiger partial charge >= 0.3 is 0 Å². The van der Waals surface area contributed by atoms with E-state index in [0.29, 0.717) is 18.8 Å². The third-order valence-corrected chi connectivity index (χ3v) is 3.63. The summed E-state index contributed by atoms with van der Waals surface area (Å²) >= 11 is 0. The maximum Gasteiger partial charge on any atom is 0.251 e. The van der Waals surface area contributed by atoms with Gasteiger partial charge in [-0.2, -0.15) is 4.39 Å². The summed E-state index contributed by atoms with van der Waals surface area (Å²) in [5.74, 6) is -0.598. The van der Waals surface area contributed by atoms with Crippen LogP contribution in [0.4, 0.5) is 4.39 Å². The Balaban J connectivity index is 1.93. The largest absolute Gasteiger partial charge is 0.388 e. The van der Waals surface area contributed by atoms with Gasteiger partial charge in [-0.05, 0) is 24.8 Å². The maximum atomic E-state index is 12.9. The van der Waals surface area contributed by atoms with E-state index in [1.54, 1.807) is 0 Å². The van der Waals surface area contributed by atoms with Gasteiger partial charge in [0.25, 0.3) is 5.91 Å². The summed E-state index contributed by atoms with van der Waals surface area (Å²) < 4.78 is 12.9. The number of halogens is 1. The molecule has 1 aromatic rings. The van der Waals surface area contributed by atoms with E-state index in [9.17, 15) is 14.3 Å². The molecule has 0 spiro atoms. The quantitative estimate of drug-likeness (QED) is 0.821. The number of amides is 1. The Hall–Kier alpha value is -1.49. The van der Waals surface area contributed by atoms with E-state index in [4.69, 9.17) is 0 Å². The molecule has 2 unspecified atom stereocenters. The summed E-state index contributed by atoms with van der Waals surface area (Å²) in [4.78, 5) is 15.2. The number of aliphatic hydroxyl groups is 1. The predicted molar refractivity (Wildman–Crippen MR) is 69.1 cm³/mol. The van der Waals surface area contributed by atoms with Crippen LogP contribution in [0.1, 0.15) is 43.0 Å². The molecule has 1 aliphatic carbocycles. The highest BCUT2D eigenvalue weighted by Crippen LogP contribution is 2.31. The van der Waals surface area contributed by atoms with Gasteiger partial charge in [-0.25, -0.2) is 4.98 Å². The van der Waals surface area contributed by atoms with E-state index >= 15 is 0 Å². The summed E-state index contributed by atoms with van der Waals surface area (Å²) in [6.07, 6.45) is 4.73. The Bertz CT molecular complexity index is 467. The van der Waals surface area contributed by atoms with Crippen LogP contribution in [0, 0.1) is 11.9 Å². The van der Waals surface area contributed by atoms with Gasteiger partial charge in [0.05, 0.1) is 5.60 Å². The van der Waals surface area contributed by atoms with Crippen LogP contribution in [0.25, 0.3) is 0 Å². The van der Waals surface area contributed by atoms with Crippen molar-refractivity contribution in [3.05, 3.63) is 29.8 Å². The second kappa shape index (κ2) is 5.65. The van der Waals surface area contributed by atoms with Crippen LogP contribution in [0.15, 0.2) is 18.3 Å². The van der Waals surface area contributed by atoms with E-state index in [1.807, 2.05) is 0 Å². The number of hydrogen-bond acceptors (Lipinski definition) is 3. The minimum absolute atomic E-state index is 0.208. The van der Waals surface area contributed by atoms with Crippen LogP contribution in [0.2, 0.25) is 0 Å². The molecule has 0 aromatic carbocycles. The van der Waals surface area contributed by atoms with Crippen molar-refractivity contribution in [1.29, 1.82) is 0 Å². The first-order valence-electron chi connectivity index (χ1n) is 6.61. The van der Waals surface area contributed by atoms with E-state index in [0.717, 1.165) is 18.9 Å². The first kappa shape index (κ1) is 13.9. The third-order valence-electron chi connectivity index (χ3n) is 3.63. The Kier molecular flexibility index (Phi) is 4.14. The average molecular weight is 266 g/mol. The number of nitrogens with zero attached hydrogens (tertiary/aromatic N) is 1. The lowest BCUT2D eigenvalue weighted by Gasteiger charge is -2.35. The molecule has 1 aliphatic rings. The van der Waals surface area contributed by atoms with Crippen molar-refractivity contribution in [2.24, 2.45) is 5.92 Å². The summed E-state index contributed by atoms with van der Waals surface area (Å²) in [7, 11) is 0. The number of rotatable bonds is 3. The molecule has 19 heavy (non-hydrogen) atoms. The molecule has 2 atom stereocenters. The molecule has 0 bridgehead atoms. The van der Waals surface area contributed by atoms with Gasteiger partial charge in [0.15, 0.2) is 0 Å². The number of nitrogens with one attached hydrogen (secondary N) is 1. The molecular formula is C14H19FN2O2. The highest BCUT2D eigenvalue weighted by molar-refractivity contribution is 5.94. The zero-order valence-corrected chi connectivity index (χ0v) is 11.0. The van der Waals surface area contributed by atoms with Gasteiger partial charge in [-0.15, -0.1) is 0 Å². The van der Waals surface area contributed by atoms with Gasteiger partial charge in [0, 0.05) is 24.4 Å². The van der Waals surface area contributed by atoms with Crippen molar-refractivity contribution in [2.45, 2.75) is 38.2 Å².